The molecule has 1 aromatic heterocycles. The average molecular weight is 548 g/mol. The van der Waals surface area contributed by atoms with Crippen LogP contribution in [0.15, 0.2) is 72.0 Å². The highest BCUT2D eigenvalue weighted by Crippen LogP contribution is 2.22. The molecule has 0 aliphatic carbocycles. The van der Waals surface area contributed by atoms with Crippen LogP contribution in [-0.4, -0.2) is 62.0 Å². The predicted molar refractivity (Wildman–Crippen MR) is 141 cm³/mol. The monoisotopic (exact) mass is 548 g/mol. The van der Waals surface area contributed by atoms with Crippen LogP contribution in [0.4, 0.5) is 0 Å². The van der Waals surface area contributed by atoms with Gasteiger partial charge in [0.25, 0.3) is 0 Å². The maximum Gasteiger partial charge on any atom is 0.191 e. The van der Waals surface area contributed by atoms with E-state index in [2.05, 4.69) is 76.1 Å². The number of benzene rings is 2. The molecule has 0 bridgehead atoms. The fourth-order valence-corrected chi connectivity index (χ4v) is 3.42. The van der Waals surface area contributed by atoms with Crippen molar-refractivity contribution < 1.29 is 4.74 Å². The normalized spacial score (nSPS) is 12.2. The molecule has 0 aliphatic heterocycles. The second-order valence-electron chi connectivity index (χ2n) is 7.50. The lowest BCUT2D eigenvalue weighted by molar-refractivity contribution is 0.297. The van der Waals surface area contributed by atoms with Gasteiger partial charge in [-0.15, -0.1) is 24.0 Å². The molecule has 7 nitrogen and oxygen atoms in total. The first kappa shape index (κ1) is 25.7. The third-order valence-electron chi connectivity index (χ3n) is 5.20. The van der Waals surface area contributed by atoms with E-state index in [1.165, 1.54) is 11.1 Å². The molecule has 0 aliphatic rings. The number of likely N-dealkylation sites (N-methyl/N-ethyl adjacent to an activating group) is 1. The number of methoxy groups -OCH3 is 1. The number of aromatic nitrogens is 2. The van der Waals surface area contributed by atoms with Gasteiger partial charge in [0.2, 0.25) is 0 Å². The third-order valence-corrected chi connectivity index (χ3v) is 5.20. The van der Waals surface area contributed by atoms with Gasteiger partial charge < -0.3 is 20.3 Å². The lowest BCUT2D eigenvalue weighted by Gasteiger charge is -2.26. The summed E-state index contributed by atoms with van der Waals surface area (Å²) in [6, 6.07) is 18.8. The van der Waals surface area contributed by atoms with Crippen molar-refractivity contribution in [2.75, 3.05) is 41.3 Å². The van der Waals surface area contributed by atoms with Crippen LogP contribution in [-0.2, 0) is 6.42 Å². The topological polar surface area (TPSA) is 66.7 Å². The summed E-state index contributed by atoms with van der Waals surface area (Å²) in [6.45, 7) is 1.53. The number of rotatable bonds is 9. The van der Waals surface area contributed by atoms with Gasteiger partial charge in [-0.05, 0) is 62.0 Å². The standard InChI is InChI=1S/C24H32N6O.HI/c1-25-24(27-18-23(29(2)3)20-7-5-8-22(17-20)31-4)26-15-13-19-9-11-21(12-10-19)30-16-6-14-28-30;/h5-12,14,16-17,23H,13,15,18H2,1-4H3,(H2,25,26,27);1H. The minimum atomic E-state index is 0. The Morgan fingerprint density at radius 1 is 1.12 bits per heavy atom. The van der Waals surface area contributed by atoms with Crippen LogP contribution in [0.1, 0.15) is 17.2 Å². The molecule has 1 heterocycles. The van der Waals surface area contributed by atoms with Crippen molar-refractivity contribution >= 4 is 29.9 Å². The zero-order chi connectivity index (χ0) is 22.1. The maximum absolute atomic E-state index is 5.38. The summed E-state index contributed by atoms with van der Waals surface area (Å²) in [7, 11) is 7.65. The summed E-state index contributed by atoms with van der Waals surface area (Å²) >= 11 is 0. The summed E-state index contributed by atoms with van der Waals surface area (Å²) < 4.78 is 7.23. The minimum Gasteiger partial charge on any atom is -0.497 e. The Hall–Kier alpha value is -2.59. The molecule has 1 atom stereocenters. The lowest BCUT2D eigenvalue weighted by atomic mass is 10.1. The molecule has 32 heavy (non-hydrogen) atoms. The van der Waals surface area contributed by atoms with E-state index in [-0.39, 0.29) is 30.0 Å². The number of nitrogens with one attached hydrogen (secondary N) is 2. The van der Waals surface area contributed by atoms with E-state index in [0.29, 0.717) is 0 Å². The van der Waals surface area contributed by atoms with Crippen LogP contribution in [0.2, 0.25) is 0 Å². The second kappa shape index (κ2) is 13.1. The van der Waals surface area contributed by atoms with Crippen molar-refractivity contribution in [3.05, 3.63) is 78.1 Å². The van der Waals surface area contributed by atoms with Crippen molar-refractivity contribution in [3.8, 4) is 11.4 Å². The fourth-order valence-electron chi connectivity index (χ4n) is 3.42. The molecule has 172 valence electrons. The second-order valence-corrected chi connectivity index (χ2v) is 7.50. The molecule has 0 saturated heterocycles. The average Bonchev–Trinajstić information content (AvgIpc) is 3.33. The Morgan fingerprint density at radius 3 is 2.53 bits per heavy atom. The van der Waals surface area contributed by atoms with Crippen LogP contribution in [0.5, 0.6) is 5.75 Å². The number of hydrogen-bond donors (Lipinski definition) is 2. The summed E-state index contributed by atoms with van der Waals surface area (Å²) in [5, 5.41) is 11.1. The number of nitrogens with zero attached hydrogens (tertiary/aromatic N) is 4. The first-order valence-electron chi connectivity index (χ1n) is 10.4. The molecule has 1 unspecified atom stereocenters. The summed E-state index contributed by atoms with van der Waals surface area (Å²) in [4.78, 5) is 6.56. The zero-order valence-electron chi connectivity index (χ0n) is 19.2. The van der Waals surface area contributed by atoms with Crippen LogP contribution >= 0.6 is 24.0 Å². The molecular formula is C24H33IN6O. The van der Waals surface area contributed by atoms with Gasteiger partial charge in [0.05, 0.1) is 18.8 Å². The quantitative estimate of drug-likeness (QED) is 0.244. The lowest BCUT2D eigenvalue weighted by Crippen LogP contribution is -2.42. The van der Waals surface area contributed by atoms with Gasteiger partial charge in [-0.1, -0.05) is 24.3 Å². The Kier molecular flexibility index (Phi) is 10.5. The fraction of sp³-hybridized carbons (Fsp3) is 0.333. The van der Waals surface area contributed by atoms with Gasteiger partial charge in [0, 0.05) is 32.5 Å². The number of halogens is 1. The van der Waals surface area contributed by atoms with E-state index in [1.54, 1.807) is 20.4 Å². The van der Waals surface area contributed by atoms with Gasteiger partial charge >= 0.3 is 0 Å². The molecule has 2 N–H and O–H groups in total. The summed E-state index contributed by atoms with van der Waals surface area (Å²) in [5.74, 6) is 1.66. The van der Waals surface area contributed by atoms with Crippen molar-refractivity contribution in [3.63, 3.8) is 0 Å². The Morgan fingerprint density at radius 2 is 1.91 bits per heavy atom. The van der Waals surface area contributed by atoms with Crippen LogP contribution < -0.4 is 15.4 Å². The molecular weight excluding hydrogens is 515 g/mol. The van der Waals surface area contributed by atoms with Gasteiger partial charge in [0.1, 0.15) is 5.75 Å². The highest BCUT2D eigenvalue weighted by atomic mass is 127. The molecule has 0 fully saturated rings. The van der Waals surface area contributed by atoms with Crippen molar-refractivity contribution in [2.45, 2.75) is 12.5 Å². The van der Waals surface area contributed by atoms with Gasteiger partial charge in [-0.2, -0.15) is 5.10 Å². The maximum atomic E-state index is 5.38. The van der Waals surface area contributed by atoms with Gasteiger partial charge in [-0.3, -0.25) is 4.99 Å². The molecule has 3 aromatic rings. The third kappa shape index (κ3) is 7.23. The zero-order valence-corrected chi connectivity index (χ0v) is 21.5. The van der Waals surface area contributed by atoms with Crippen LogP contribution in [0.3, 0.4) is 0 Å². The summed E-state index contributed by atoms with van der Waals surface area (Å²) in [6.07, 6.45) is 4.64. The molecule has 2 aromatic carbocycles. The number of aliphatic imine (C=N–C) groups is 1. The number of guanidine groups is 1. The first-order chi connectivity index (χ1) is 15.1. The van der Waals surface area contributed by atoms with Crippen molar-refractivity contribution in [2.24, 2.45) is 4.99 Å². The summed E-state index contributed by atoms with van der Waals surface area (Å²) in [5.41, 5.74) is 3.53. The van der Waals surface area contributed by atoms with E-state index in [4.69, 9.17) is 4.74 Å². The Labute approximate surface area is 207 Å². The van der Waals surface area contributed by atoms with Crippen molar-refractivity contribution in [1.82, 2.24) is 25.3 Å². The highest BCUT2D eigenvalue weighted by Gasteiger charge is 2.15. The predicted octanol–water partition coefficient (Wildman–Crippen LogP) is 3.51. The molecule has 8 heteroatoms. The Balaban J connectivity index is 0.00000363. The largest absolute Gasteiger partial charge is 0.497 e. The highest BCUT2D eigenvalue weighted by molar-refractivity contribution is 14.0. The van der Waals surface area contributed by atoms with E-state index < -0.39 is 0 Å². The molecule has 0 saturated carbocycles. The van der Waals surface area contributed by atoms with Crippen LogP contribution in [0, 0.1) is 0 Å². The SMILES string of the molecule is CN=C(NCCc1ccc(-n2cccn2)cc1)NCC(c1cccc(OC)c1)N(C)C.I. The number of hydrogen-bond acceptors (Lipinski definition) is 4. The molecule has 0 radical (unpaired) electrons. The Bertz CT molecular complexity index is 957. The molecule has 0 spiro atoms. The van der Waals surface area contributed by atoms with E-state index in [0.717, 1.165) is 36.9 Å². The number of ether oxygens (including phenoxy) is 1. The minimum absolute atomic E-state index is 0. The van der Waals surface area contributed by atoms with Crippen LogP contribution in [0.25, 0.3) is 5.69 Å². The van der Waals surface area contributed by atoms with E-state index in [1.807, 2.05) is 29.1 Å². The van der Waals surface area contributed by atoms with Gasteiger partial charge in [0.15, 0.2) is 5.96 Å². The smallest absolute Gasteiger partial charge is 0.191 e. The first-order valence-corrected chi connectivity index (χ1v) is 10.4. The van der Waals surface area contributed by atoms with Crippen molar-refractivity contribution in [1.29, 1.82) is 0 Å². The van der Waals surface area contributed by atoms with Gasteiger partial charge in [-0.25, -0.2) is 4.68 Å². The van der Waals surface area contributed by atoms with E-state index >= 15 is 0 Å². The molecule has 0 amide bonds. The van der Waals surface area contributed by atoms with E-state index in [9.17, 15) is 0 Å². The molecule has 3 rings (SSSR count).